The maximum Gasteiger partial charge on any atom is 0.0955 e. The van der Waals surface area contributed by atoms with Crippen LogP contribution in [0.5, 0.6) is 0 Å². The molecule has 0 aromatic heterocycles. The number of nitrogens with one attached hydrogen (secondary N) is 1. The molecule has 0 aromatic rings. The summed E-state index contributed by atoms with van der Waals surface area (Å²) in [6, 6.07) is 2.27. The zero-order valence-corrected chi connectivity index (χ0v) is 7.02. The van der Waals surface area contributed by atoms with Gasteiger partial charge in [0.05, 0.1) is 12.1 Å². The van der Waals surface area contributed by atoms with E-state index < -0.39 is 0 Å². The van der Waals surface area contributed by atoms with Crippen molar-refractivity contribution in [1.82, 2.24) is 5.32 Å². The Kier molecular flexibility index (Phi) is 4.96. The van der Waals surface area contributed by atoms with Crippen molar-refractivity contribution in [3.8, 4) is 6.07 Å². The maximum absolute atomic E-state index is 8.59. The molecule has 0 aliphatic heterocycles. The number of hydrogen-bond acceptors (Lipinski definition) is 2. The molecule has 0 spiro atoms. The highest BCUT2D eigenvalue weighted by molar-refractivity contribution is 4.89. The van der Waals surface area contributed by atoms with Crippen molar-refractivity contribution in [2.75, 3.05) is 6.54 Å². The summed E-state index contributed by atoms with van der Waals surface area (Å²) in [5.74, 6) is 0.601. The van der Waals surface area contributed by atoms with Gasteiger partial charge in [0.2, 0.25) is 0 Å². The summed E-state index contributed by atoms with van der Waals surface area (Å²) >= 11 is 0. The van der Waals surface area contributed by atoms with Gasteiger partial charge in [-0.1, -0.05) is 20.8 Å². The standard InChI is InChI=1S/C8H16N2/c1-4-10-8(6-9)5-7(2)3/h7-8,10H,4-5H2,1-3H3. The summed E-state index contributed by atoms with van der Waals surface area (Å²) < 4.78 is 0. The molecule has 0 saturated carbocycles. The van der Waals surface area contributed by atoms with Crippen molar-refractivity contribution in [3.63, 3.8) is 0 Å². The van der Waals surface area contributed by atoms with E-state index in [9.17, 15) is 0 Å². The normalized spacial score (nSPS) is 13.1. The maximum atomic E-state index is 8.59. The highest BCUT2D eigenvalue weighted by Gasteiger charge is 2.06. The van der Waals surface area contributed by atoms with Gasteiger partial charge in [0.15, 0.2) is 0 Å². The summed E-state index contributed by atoms with van der Waals surface area (Å²) in [5.41, 5.74) is 0. The van der Waals surface area contributed by atoms with Crippen LogP contribution in [0.2, 0.25) is 0 Å². The van der Waals surface area contributed by atoms with E-state index in [-0.39, 0.29) is 6.04 Å². The van der Waals surface area contributed by atoms with Gasteiger partial charge in [0.25, 0.3) is 0 Å². The molecular formula is C8H16N2. The van der Waals surface area contributed by atoms with Crippen LogP contribution in [0.15, 0.2) is 0 Å². The second kappa shape index (κ2) is 5.25. The lowest BCUT2D eigenvalue weighted by atomic mass is 10.1. The molecule has 0 saturated heterocycles. The third-order valence-electron chi connectivity index (χ3n) is 1.31. The Bertz CT molecular complexity index is 113. The minimum Gasteiger partial charge on any atom is -0.302 e. The Morgan fingerprint density at radius 1 is 1.50 bits per heavy atom. The van der Waals surface area contributed by atoms with E-state index >= 15 is 0 Å². The first-order chi connectivity index (χ1) is 4.70. The molecule has 1 unspecified atom stereocenters. The molecule has 10 heavy (non-hydrogen) atoms. The molecule has 0 radical (unpaired) electrons. The van der Waals surface area contributed by atoms with E-state index in [0.717, 1.165) is 13.0 Å². The van der Waals surface area contributed by atoms with Gasteiger partial charge >= 0.3 is 0 Å². The number of rotatable bonds is 4. The van der Waals surface area contributed by atoms with Gasteiger partial charge in [-0.15, -0.1) is 0 Å². The van der Waals surface area contributed by atoms with E-state index in [0.29, 0.717) is 5.92 Å². The Labute approximate surface area is 63.2 Å². The Hall–Kier alpha value is -0.550. The Balaban J connectivity index is 3.52. The quantitative estimate of drug-likeness (QED) is 0.643. The van der Waals surface area contributed by atoms with Crippen molar-refractivity contribution in [3.05, 3.63) is 0 Å². The van der Waals surface area contributed by atoms with Gasteiger partial charge in [-0.2, -0.15) is 5.26 Å². The average Bonchev–Trinajstić information content (AvgIpc) is 1.86. The highest BCUT2D eigenvalue weighted by atomic mass is 14.9. The summed E-state index contributed by atoms with van der Waals surface area (Å²) in [6.45, 7) is 7.15. The Morgan fingerprint density at radius 2 is 2.10 bits per heavy atom. The molecule has 0 heterocycles. The largest absolute Gasteiger partial charge is 0.302 e. The van der Waals surface area contributed by atoms with Gasteiger partial charge in [-0.05, 0) is 18.9 Å². The molecule has 0 amide bonds. The van der Waals surface area contributed by atoms with Crippen molar-refractivity contribution < 1.29 is 0 Å². The third kappa shape index (κ3) is 4.34. The molecule has 2 nitrogen and oxygen atoms in total. The molecule has 0 fully saturated rings. The molecule has 0 aliphatic rings. The summed E-state index contributed by atoms with van der Waals surface area (Å²) in [5, 5.41) is 11.7. The number of nitriles is 1. The zero-order chi connectivity index (χ0) is 7.98. The molecule has 0 bridgehead atoms. The van der Waals surface area contributed by atoms with E-state index in [1.165, 1.54) is 0 Å². The summed E-state index contributed by atoms with van der Waals surface area (Å²) in [6.07, 6.45) is 0.949. The lowest BCUT2D eigenvalue weighted by Crippen LogP contribution is -2.28. The first-order valence-electron chi connectivity index (χ1n) is 3.83. The predicted molar refractivity (Wildman–Crippen MR) is 42.5 cm³/mol. The van der Waals surface area contributed by atoms with Crippen LogP contribution in [0.4, 0.5) is 0 Å². The second-order valence-electron chi connectivity index (χ2n) is 2.87. The van der Waals surface area contributed by atoms with Gasteiger partial charge in [-0.3, -0.25) is 0 Å². The van der Waals surface area contributed by atoms with E-state index in [2.05, 4.69) is 25.2 Å². The number of nitrogens with zero attached hydrogens (tertiary/aromatic N) is 1. The second-order valence-corrected chi connectivity index (χ2v) is 2.87. The fourth-order valence-corrected chi connectivity index (χ4v) is 0.899. The fourth-order valence-electron chi connectivity index (χ4n) is 0.899. The van der Waals surface area contributed by atoms with Crippen LogP contribution in [0.25, 0.3) is 0 Å². The Morgan fingerprint density at radius 3 is 2.40 bits per heavy atom. The molecule has 1 N–H and O–H groups in total. The molecule has 0 aromatic carbocycles. The van der Waals surface area contributed by atoms with Crippen molar-refractivity contribution >= 4 is 0 Å². The van der Waals surface area contributed by atoms with Crippen LogP contribution in [-0.2, 0) is 0 Å². The monoisotopic (exact) mass is 140 g/mol. The van der Waals surface area contributed by atoms with Gasteiger partial charge in [0, 0.05) is 0 Å². The van der Waals surface area contributed by atoms with Crippen LogP contribution in [0.1, 0.15) is 27.2 Å². The first-order valence-corrected chi connectivity index (χ1v) is 3.83. The zero-order valence-electron chi connectivity index (χ0n) is 7.02. The van der Waals surface area contributed by atoms with Crippen molar-refractivity contribution in [2.24, 2.45) is 5.92 Å². The molecule has 0 aliphatic carbocycles. The van der Waals surface area contributed by atoms with Crippen LogP contribution >= 0.6 is 0 Å². The average molecular weight is 140 g/mol. The smallest absolute Gasteiger partial charge is 0.0955 e. The molecule has 2 heteroatoms. The van der Waals surface area contributed by atoms with Crippen molar-refractivity contribution in [1.29, 1.82) is 5.26 Å². The van der Waals surface area contributed by atoms with E-state index in [4.69, 9.17) is 5.26 Å². The SMILES string of the molecule is CCNC(C#N)CC(C)C. The fraction of sp³-hybridized carbons (Fsp3) is 0.875. The van der Waals surface area contributed by atoms with Crippen LogP contribution < -0.4 is 5.32 Å². The molecular weight excluding hydrogens is 124 g/mol. The molecule has 0 rings (SSSR count). The minimum atomic E-state index is 0.0463. The third-order valence-corrected chi connectivity index (χ3v) is 1.31. The summed E-state index contributed by atoms with van der Waals surface area (Å²) in [4.78, 5) is 0. The van der Waals surface area contributed by atoms with Crippen LogP contribution in [-0.4, -0.2) is 12.6 Å². The van der Waals surface area contributed by atoms with E-state index in [1.54, 1.807) is 0 Å². The minimum absolute atomic E-state index is 0.0463. The predicted octanol–water partition coefficient (Wildman–Crippen LogP) is 1.53. The molecule has 1 atom stereocenters. The molecule has 58 valence electrons. The topological polar surface area (TPSA) is 35.8 Å². The lowest BCUT2D eigenvalue weighted by molar-refractivity contribution is 0.488. The van der Waals surface area contributed by atoms with Gasteiger partial charge in [-0.25, -0.2) is 0 Å². The van der Waals surface area contributed by atoms with Crippen LogP contribution in [0, 0.1) is 17.2 Å². The summed E-state index contributed by atoms with van der Waals surface area (Å²) in [7, 11) is 0. The first kappa shape index (κ1) is 9.45. The van der Waals surface area contributed by atoms with E-state index in [1.807, 2.05) is 6.92 Å². The number of hydrogen-bond donors (Lipinski definition) is 1. The van der Waals surface area contributed by atoms with Gasteiger partial charge < -0.3 is 5.32 Å². The van der Waals surface area contributed by atoms with Gasteiger partial charge in [0.1, 0.15) is 0 Å². The highest BCUT2D eigenvalue weighted by Crippen LogP contribution is 2.02. The lowest BCUT2D eigenvalue weighted by Gasteiger charge is -2.11. The van der Waals surface area contributed by atoms with Crippen LogP contribution in [0.3, 0.4) is 0 Å². The van der Waals surface area contributed by atoms with Crippen molar-refractivity contribution in [2.45, 2.75) is 33.2 Å².